The second-order valence-corrected chi connectivity index (χ2v) is 6.51. The van der Waals surface area contributed by atoms with Crippen LogP contribution in [-0.4, -0.2) is 11.2 Å². The highest BCUT2D eigenvalue weighted by Crippen LogP contribution is 2.46. The molecule has 1 aromatic rings. The van der Waals surface area contributed by atoms with Gasteiger partial charge in [-0.3, -0.25) is 0 Å². The zero-order chi connectivity index (χ0) is 12.5. The van der Waals surface area contributed by atoms with Crippen LogP contribution in [0.2, 0.25) is 5.02 Å². The first-order valence-corrected chi connectivity index (χ1v) is 7.52. The van der Waals surface area contributed by atoms with Gasteiger partial charge >= 0.3 is 0 Å². The molecule has 0 aromatic heterocycles. The Labute approximate surface area is 114 Å². The number of fused-ring (bicyclic) bond motifs is 3. The Morgan fingerprint density at radius 2 is 1.78 bits per heavy atom. The Kier molecular flexibility index (Phi) is 3.63. The van der Waals surface area contributed by atoms with Crippen LogP contribution in [0.5, 0.6) is 0 Å². The third-order valence-electron chi connectivity index (χ3n) is 4.95. The SMILES string of the molecule is OC(Cc1ccc(Cl)cc1)C1CC2CCC1CC2. The maximum Gasteiger partial charge on any atom is 0.0611 e. The van der Waals surface area contributed by atoms with Gasteiger partial charge in [-0.1, -0.05) is 36.6 Å². The van der Waals surface area contributed by atoms with E-state index in [0.717, 1.165) is 23.3 Å². The number of aliphatic hydroxyl groups excluding tert-OH is 1. The van der Waals surface area contributed by atoms with E-state index in [1.165, 1.54) is 37.7 Å². The van der Waals surface area contributed by atoms with Gasteiger partial charge in [0.2, 0.25) is 0 Å². The van der Waals surface area contributed by atoms with Gasteiger partial charge in [0.25, 0.3) is 0 Å². The van der Waals surface area contributed by atoms with Gasteiger partial charge in [-0.25, -0.2) is 0 Å². The molecule has 0 aliphatic heterocycles. The fraction of sp³-hybridized carbons (Fsp3) is 0.625. The minimum Gasteiger partial charge on any atom is -0.392 e. The lowest BCUT2D eigenvalue weighted by atomic mass is 9.62. The first-order valence-electron chi connectivity index (χ1n) is 7.15. The summed E-state index contributed by atoms with van der Waals surface area (Å²) in [6.07, 6.45) is 7.34. The first-order chi connectivity index (χ1) is 8.72. The fourth-order valence-electron chi connectivity index (χ4n) is 3.91. The maximum absolute atomic E-state index is 10.5. The van der Waals surface area contributed by atoms with E-state index in [1.807, 2.05) is 24.3 Å². The molecule has 1 aromatic carbocycles. The van der Waals surface area contributed by atoms with Crippen LogP contribution in [0.4, 0.5) is 0 Å². The molecule has 2 unspecified atom stereocenters. The van der Waals surface area contributed by atoms with Crippen LogP contribution in [0.25, 0.3) is 0 Å². The van der Waals surface area contributed by atoms with Gasteiger partial charge in [0.1, 0.15) is 0 Å². The molecule has 3 aliphatic carbocycles. The Balaban J connectivity index is 1.64. The molecule has 2 atom stereocenters. The summed E-state index contributed by atoms with van der Waals surface area (Å²) in [5, 5.41) is 11.3. The molecular weight excluding hydrogens is 244 g/mol. The summed E-state index contributed by atoms with van der Waals surface area (Å²) in [5.41, 5.74) is 1.20. The molecule has 1 nitrogen and oxygen atoms in total. The van der Waals surface area contributed by atoms with E-state index in [0.29, 0.717) is 5.92 Å². The summed E-state index contributed by atoms with van der Waals surface area (Å²) in [4.78, 5) is 0. The average molecular weight is 265 g/mol. The summed E-state index contributed by atoms with van der Waals surface area (Å²) in [5.74, 6) is 2.20. The van der Waals surface area contributed by atoms with Gasteiger partial charge in [-0.15, -0.1) is 0 Å². The second-order valence-electron chi connectivity index (χ2n) is 6.08. The molecule has 3 fully saturated rings. The quantitative estimate of drug-likeness (QED) is 0.873. The lowest BCUT2D eigenvalue weighted by Gasteiger charge is -2.44. The van der Waals surface area contributed by atoms with E-state index >= 15 is 0 Å². The standard InChI is InChI=1S/C16H21ClO/c17-14-7-3-12(4-8-14)10-16(18)15-9-11-1-5-13(15)6-2-11/h3-4,7-8,11,13,15-16,18H,1-2,5-6,9-10H2. The predicted octanol–water partition coefficient (Wildman–Crippen LogP) is 4.07. The average Bonchev–Trinajstić information content (AvgIpc) is 2.42. The van der Waals surface area contributed by atoms with Crippen LogP contribution in [-0.2, 0) is 6.42 Å². The minimum absolute atomic E-state index is 0.167. The van der Waals surface area contributed by atoms with E-state index < -0.39 is 0 Å². The second kappa shape index (κ2) is 5.22. The van der Waals surface area contributed by atoms with E-state index in [4.69, 9.17) is 11.6 Å². The molecule has 0 radical (unpaired) electrons. The fourth-order valence-corrected chi connectivity index (χ4v) is 4.04. The van der Waals surface area contributed by atoms with E-state index in [1.54, 1.807) is 0 Å². The smallest absolute Gasteiger partial charge is 0.0611 e. The van der Waals surface area contributed by atoms with Gasteiger partial charge in [0.15, 0.2) is 0 Å². The summed E-state index contributed by atoms with van der Waals surface area (Å²) >= 11 is 5.89. The van der Waals surface area contributed by atoms with Crippen molar-refractivity contribution < 1.29 is 5.11 Å². The minimum atomic E-state index is -0.167. The van der Waals surface area contributed by atoms with Crippen molar-refractivity contribution in [2.45, 2.75) is 44.6 Å². The Morgan fingerprint density at radius 1 is 1.11 bits per heavy atom. The number of benzene rings is 1. The molecule has 2 heteroatoms. The highest BCUT2D eigenvalue weighted by Gasteiger charge is 2.38. The summed E-state index contributed by atoms with van der Waals surface area (Å²) < 4.78 is 0. The van der Waals surface area contributed by atoms with Gasteiger partial charge in [0.05, 0.1) is 6.10 Å². The largest absolute Gasteiger partial charge is 0.392 e. The van der Waals surface area contributed by atoms with Gasteiger partial charge in [-0.2, -0.15) is 0 Å². The van der Waals surface area contributed by atoms with Crippen molar-refractivity contribution in [3.8, 4) is 0 Å². The third kappa shape index (κ3) is 2.57. The van der Waals surface area contributed by atoms with Crippen LogP contribution < -0.4 is 0 Å². The van der Waals surface area contributed by atoms with Crippen LogP contribution in [0.15, 0.2) is 24.3 Å². The highest BCUT2D eigenvalue weighted by atomic mass is 35.5. The molecule has 0 heterocycles. The Bertz CT molecular complexity index is 392. The normalized spacial score (nSPS) is 32.4. The van der Waals surface area contributed by atoms with Crippen molar-refractivity contribution in [3.63, 3.8) is 0 Å². The molecule has 98 valence electrons. The molecule has 18 heavy (non-hydrogen) atoms. The summed E-state index contributed by atoms with van der Waals surface area (Å²) in [6.45, 7) is 0. The van der Waals surface area contributed by atoms with Crippen molar-refractivity contribution >= 4 is 11.6 Å². The Morgan fingerprint density at radius 3 is 2.33 bits per heavy atom. The predicted molar refractivity (Wildman–Crippen MR) is 74.7 cm³/mol. The van der Waals surface area contributed by atoms with Gasteiger partial charge < -0.3 is 5.11 Å². The lowest BCUT2D eigenvalue weighted by molar-refractivity contribution is -0.00301. The first kappa shape index (κ1) is 12.5. The number of halogens is 1. The zero-order valence-corrected chi connectivity index (χ0v) is 11.4. The zero-order valence-electron chi connectivity index (χ0n) is 10.7. The number of aliphatic hydroxyl groups is 1. The van der Waals surface area contributed by atoms with Gasteiger partial charge in [-0.05, 0) is 61.1 Å². The van der Waals surface area contributed by atoms with Crippen molar-refractivity contribution in [1.82, 2.24) is 0 Å². The topological polar surface area (TPSA) is 20.2 Å². The van der Waals surface area contributed by atoms with E-state index in [-0.39, 0.29) is 6.10 Å². The molecule has 3 aliphatic rings. The molecular formula is C16H21ClO. The number of hydrogen-bond acceptors (Lipinski definition) is 1. The van der Waals surface area contributed by atoms with Crippen LogP contribution in [0.3, 0.4) is 0 Å². The van der Waals surface area contributed by atoms with Crippen molar-refractivity contribution in [2.24, 2.45) is 17.8 Å². The van der Waals surface area contributed by atoms with Gasteiger partial charge in [0, 0.05) is 5.02 Å². The highest BCUT2D eigenvalue weighted by molar-refractivity contribution is 6.30. The molecule has 0 amide bonds. The molecule has 2 bridgehead atoms. The van der Waals surface area contributed by atoms with Crippen LogP contribution >= 0.6 is 11.6 Å². The van der Waals surface area contributed by atoms with E-state index in [9.17, 15) is 5.11 Å². The number of rotatable bonds is 3. The number of hydrogen-bond donors (Lipinski definition) is 1. The molecule has 0 saturated heterocycles. The monoisotopic (exact) mass is 264 g/mol. The molecule has 0 spiro atoms. The third-order valence-corrected chi connectivity index (χ3v) is 5.21. The lowest BCUT2D eigenvalue weighted by Crippen LogP contribution is -2.39. The van der Waals surface area contributed by atoms with Crippen LogP contribution in [0, 0.1) is 17.8 Å². The van der Waals surface area contributed by atoms with Crippen molar-refractivity contribution in [1.29, 1.82) is 0 Å². The molecule has 4 rings (SSSR count). The molecule has 1 N–H and O–H groups in total. The summed E-state index contributed by atoms with van der Waals surface area (Å²) in [7, 11) is 0. The van der Waals surface area contributed by atoms with E-state index in [2.05, 4.69) is 0 Å². The summed E-state index contributed by atoms with van der Waals surface area (Å²) in [6, 6.07) is 7.90. The van der Waals surface area contributed by atoms with Crippen molar-refractivity contribution in [3.05, 3.63) is 34.9 Å². The molecule has 3 saturated carbocycles. The Hall–Kier alpha value is -0.530. The van der Waals surface area contributed by atoms with Crippen molar-refractivity contribution in [2.75, 3.05) is 0 Å². The maximum atomic E-state index is 10.5. The van der Waals surface area contributed by atoms with Crippen LogP contribution in [0.1, 0.15) is 37.7 Å².